The fourth-order valence-electron chi connectivity index (χ4n) is 13.8. The van der Waals surface area contributed by atoms with Crippen LogP contribution in [0.3, 0.4) is 0 Å². The highest BCUT2D eigenvalue weighted by molar-refractivity contribution is 5.97. The van der Waals surface area contributed by atoms with Crippen LogP contribution in [-0.4, -0.2) is 0 Å². The molecule has 0 saturated heterocycles. The van der Waals surface area contributed by atoms with Gasteiger partial charge in [-0.15, -0.1) is 0 Å². The molecule has 4 bridgehead atoms. The Hall–Kier alpha value is -7.22. The van der Waals surface area contributed by atoms with Gasteiger partial charge >= 0.3 is 0 Å². The molecule has 0 N–H and O–H groups in total. The van der Waals surface area contributed by atoms with Crippen LogP contribution in [0, 0.1) is 17.8 Å². The van der Waals surface area contributed by atoms with Crippen LogP contribution in [0.15, 0.2) is 231 Å². The van der Waals surface area contributed by atoms with Crippen molar-refractivity contribution < 1.29 is 0 Å². The predicted molar refractivity (Wildman–Crippen MR) is 275 cm³/mol. The van der Waals surface area contributed by atoms with Crippen molar-refractivity contribution in [2.24, 2.45) is 17.8 Å². The molecule has 1 heteroatoms. The summed E-state index contributed by atoms with van der Waals surface area (Å²) in [6, 6.07) is 86.5. The number of rotatable bonds is 9. The second-order valence-electron chi connectivity index (χ2n) is 19.8. The maximum absolute atomic E-state index is 2.52. The van der Waals surface area contributed by atoms with Gasteiger partial charge in [0.2, 0.25) is 0 Å². The molecule has 14 rings (SSSR count). The summed E-state index contributed by atoms with van der Waals surface area (Å²) in [5, 5.41) is 0. The van der Waals surface area contributed by atoms with Gasteiger partial charge in [-0.2, -0.15) is 0 Å². The third-order valence-electron chi connectivity index (χ3n) is 16.1. The highest BCUT2D eigenvalue weighted by atomic mass is 15.1. The second-order valence-corrected chi connectivity index (χ2v) is 19.8. The van der Waals surface area contributed by atoms with Crippen LogP contribution < -0.4 is 4.90 Å². The van der Waals surface area contributed by atoms with Gasteiger partial charge in [0.15, 0.2) is 0 Å². The predicted octanol–water partition coefficient (Wildman–Crippen LogP) is 17.0. The summed E-state index contributed by atoms with van der Waals surface area (Å²) < 4.78 is 0. The molecule has 0 amide bonds. The minimum absolute atomic E-state index is 0.340. The van der Waals surface area contributed by atoms with Crippen molar-refractivity contribution in [1.29, 1.82) is 0 Å². The Morgan fingerprint density at radius 1 is 0.318 bits per heavy atom. The third-order valence-corrected chi connectivity index (χ3v) is 16.1. The first-order valence-corrected chi connectivity index (χ1v) is 24.3. The zero-order valence-electron chi connectivity index (χ0n) is 37.4. The summed E-state index contributed by atoms with van der Waals surface area (Å²) in [4.78, 5) is 2.51. The van der Waals surface area contributed by atoms with Crippen LogP contribution in [0.2, 0.25) is 0 Å². The smallest absolute Gasteiger partial charge is 0.0714 e. The average Bonchev–Trinajstić information content (AvgIpc) is 3.68. The molecule has 1 nitrogen and oxygen atoms in total. The van der Waals surface area contributed by atoms with E-state index < -0.39 is 5.41 Å². The maximum Gasteiger partial charge on any atom is 0.0714 e. The van der Waals surface area contributed by atoms with Crippen molar-refractivity contribution in [1.82, 2.24) is 0 Å². The van der Waals surface area contributed by atoms with Gasteiger partial charge < -0.3 is 4.90 Å². The molecule has 0 unspecified atom stereocenters. The summed E-state index contributed by atoms with van der Waals surface area (Å²) in [5.74, 6) is 2.72. The lowest BCUT2D eigenvalue weighted by Gasteiger charge is -2.57. The van der Waals surface area contributed by atoms with E-state index in [2.05, 4.69) is 235 Å². The van der Waals surface area contributed by atoms with Gasteiger partial charge in [-0.1, -0.05) is 194 Å². The maximum atomic E-state index is 2.52. The summed E-state index contributed by atoms with van der Waals surface area (Å²) >= 11 is 0. The molecule has 0 aromatic heterocycles. The van der Waals surface area contributed by atoms with E-state index in [9.17, 15) is 0 Å². The molecule has 4 fully saturated rings. The van der Waals surface area contributed by atoms with Gasteiger partial charge in [0.05, 0.1) is 5.41 Å². The summed E-state index contributed by atoms with van der Waals surface area (Å²) in [6.45, 7) is 0. The van der Waals surface area contributed by atoms with E-state index in [1.165, 1.54) is 111 Å². The Labute approximate surface area is 390 Å². The quantitative estimate of drug-likeness (QED) is 0.140. The molecular weight excluding hydrogens is 795 g/mol. The lowest BCUT2D eigenvalue weighted by molar-refractivity contribution is -0.00518. The molecule has 318 valence electrons. The molecule has 0 spiro atoms. The molecule has 66 heavy (non-hydrogen) atoms. The van der Waals surface area contributed by atoms with Crippen LogP contribution in [-0.2, 0) is 10.8 Å². The highest BCUT2D eigenvalue weighted by Gasteiger charge is 2.52. The molecule has 0 radical (unpaired) electrons. The molecule has 5 aliphatic rings. The van der Waals surface area contributed by atoms with E-state index in [-0.39, 0.29) is 0 Å². The van der Waals surface area contributed by atoms with Crippen LogP contribution >= 0.6 is 0 Å². The fraction of sp³-hybridized carbons (Fsp3) is 0.169. The first kappa shape index (κ1) is 39.2. The van der Waals surface area contributed by atoms with E-state index in [1.807, 2.05) is 0 Å². The van der Waals surface area contributed by atoms with Crippen molar-refractivity contribution in [2.75, 3.05) is 4.90 Å². The summed E-state index contributed by atoms with van der Waals surface area (Å²) in [6.07, 6.45) is 8.47. The summed E-state index contributed by atoms with van der Waals surface area (Å²) in [7, 11) is 0. The highest BCUT2D eigenvalue weighted by Crippen LogP contribution is 2.62. The van der Waals surface area contributed by atoms with Gasteiger partial charge in [0, 0.05) is 17.1 Å². The van der Waals surface area contributed by atoms with Gasteiger partial charge in [-0.25, -0.2) is 0 Å². The van der Waals surface area contributed by atoms with Crippen LogP contribution in [0.25, 0.3) is 44.5 Å². The Kier molecular flexibility index (Phi) is 9.34. The number of hydrogen-bond acceptors (Lipinski definition) is 1. The van der Waals surface area contributed by atoms with Crippen LogP contribution in [0.4, 0.5) is 17.1 Å². The molecule has 5 aliphatic carbocycles. The van der Waals surface area contributed by atoms with Crippen molar-refractivity contribution >= 4 is 17.1 Å². The number of anilines is 3. The van der Waals surface area contributed by atoms with E-state index >= 15 is 0 Å². The van der Waals surface area contributed by atoms with Crippen molar-refractivity contribution in [3.8, 4) is 44.5 Å². The van der Waals surface area contributed by atoms with Crippen molar-refractivity contribution in [2.45, 2.75) is 49.4 Å². The van der Waals surface area contributed by atoms with E-state index in [4.69, 9.17) is 0 Å². The molecule has 0 atom stereocenters. The monoisotopic (exact) mass is 847 g/mol. The van der Waals surface area contributed by atoms with Crippen molar-refractivity contribution in [3.63, 3.8) is 0 Å². The minimum Gasteiger partial charge on any atom is -0.310 e. The van der Waals surface area contributed by atoms with Crippen molar-refractivity contribution in [3.05, 3.63) is 258 Å². The zero-order valence-corrected chi connectivity index (χ0v) is 37.4. The van der Waals surface area contributed by atoms with Gasteiger partial charge in [-0.05, 0) is 170 Å². The van der Waals surface area contributed by atoms with E-state index in [0.29, 0.717) is 5.41 Å². The Morgan fingerprint density at radius 2 is 0.758 bits per heavy atom. The lowest BCUT2D eigenvalue weighted by atomic mass is 9.48. The SMILES string of the molecule is c1ccc(-c2ccccc2-c2ccc(N(c3ccc(C45CC6CC(CC(C6)C4)C5)cc3)c3ccc4c(c3)C(c3ccccc3)(c3ccccc3)c3cccc(-c5ccccc5)c3-4)cc2)cc1. The number of fused-ring (bicyclic) bond motifs is 3. The first-order chi connectivity index (χ1) is 32.6. The summed E-state index contributed by atoms with van der Waals surface area (Å²) in [5.41, 5.74) is 20.0. The number of hydrogen-bond donors (Lipinski definition) is 0. The normalized spacial score (nSPS) is 20.7. The standard InChI is InChI=1S/C65H53N/c1-5-16-48(17-6-1)57-24-13-14-25-58(57)50-28-32-54(33-29-50)66(55-34-30-51(31-35-55)64-42-45-38-46(43-64)40-47(39-45)44-64)56-36-37-60-62(41-56)65(52-20-9-3-10-21-52,53-22-11-4-12-23-53)61-27-15-26-59(63(60)61)49-18-7-2-8-19-49/h1-37,41,45-47H,38-40,42-44H2. The largest absolute Gasteiger partial charge is 0.310 e. The molecule has 0 aliphatic heterocycles. The molecule has 9 aromatic carbocycles. The number of benzene rings is 9. The van der Waals surface area contributed by atoms with Gasteiger partial charge in [0.25, 0.3) is 0 Å². The zero-order chi connectivity index (χ0) is 43.7. The van der Waals surface area contributed by atoms with Crippen LogP contribution in [0.1, 0.15) is 66.3 Å². The third kappa shape index (κ3) is 6.28. The Bertz CT molecular complexity index is 3110. The van der Waals surface area contributed by atoms with Crippen LogP contribution in [0.5, 0.6) is 0 Å². The second kappa shape index (κ2) is 15.7. The molecule has 9 aromatic rings. The van der Waals surface area contributed by atoms with E-state index in [0.717, 1.165) is 29.1 Å². The van der Waals surface area contributed by atoms with Gasteiger partial charge in [0.1, 0.15) is 0 Å². The molecule has 4 saturated carbocycles. The molecular formula is C65H53N. The molecule has 0 heterocycles. The first-order valence-electron chi connectivity index (χ1n) is 24.3. The Morgan fingerprint density at radius 3 is 1.30 bits per heavy atom. The Balaban J connectivity index is 1.00. The average molecular weight is 848 g/mol. The minimum atomic E-state index is -0.549. The number of nitrogens with zero attached hydrogens (tertiary/aromatic N) is 1. The topological polar surface area (TPSA) is 3.24 Å². The fourth-order valence-corrected chi connectivity index (χ4v) is 13.8. The lowest BCUT2D eigenvalue weighted by Crippen LogP contribution is -2.48. The van der Waals surface area contributed by atoms with E-state index in [1.54, 1.807) is 5.56 Å². The van der Waals surface area contributed by atoms with Gasteiger partial charge in [-0.3, -0.25) is 0 Å².